The molecule has 0 unspecified atom stereocenters. The van der Waals surface area contributed by atoms with Crippen LogP contribution in [0, 0.1) is 5.92 Å². The van der Waals surface area contributed by atoms with Crippen molar-refractivity contribution in [2.75, 3.05) is 33.3 Å². The molecular weight excluding hydrogens is 354 g/mol. The highest BCUT2D eigenvalue weighted by molar-refractivity contribution is 5.94. The van der Waals surface area contributed by atoms with E-state index in [0.717, 1.165) is 57.6 Å². The summed E-state index contributed by atoms with van der Waals surface area (Å²) in [4.78, 5) is 29.7. The van der Waals surface area contributed by atoms with Gasteiger partial charge in [-0.15, -0.1) is 0 Å². The van der Waals surface area contributed by atoms with E-state index < -0.39 is 0 Å². The Hall–Kier alpha value is -2.08. The maximum absolute atomic E-state index is 12.8. The monoisotopic (exact) mass is 387 g/mol. The van der Waals surface area contributed by atoms with Gasteiger partial charge in [-0.3, -0.25) is 14.5 Å². The molecule has 28 heavy (non-hydrogen) atoms. The fourth-order valence-electron chi connectivity index (χ4n) is 4.21. The molecule has 0 aromatic heterocycles. The van der Waals surface area contributed by atoms with Crippen LogP contribution in [0.25, 0.3) is 0 Å². The molecule has 1 heterocycles. The van der Waals surface area contributed by atoms with Gasteiger partial charge in [0, 0.05) is 49.7 Å². The van der Waals surface area contributed by atoms with Gasteiger partial charge < -0.3 is 15.0 Å². The van der Waals surface area contributed by atoms with Crippen molar-refractivity contribution in [2.45, 2.75) is 51.6 Å². The molecule has 6 nitrogen and oxygen atoms in total. The second-order valence-corrected chi connectivity index (χ2v) is 8.21. The Kier molecular flexibility index (Phi) is 6.94. The number of piperazine rings is 1. The summed E-state index contributed by atoms with van der Waals surface area (Å²) in [5.74, 6) is 1.11. The van der Waals surface area contributed by atoms with E-state index in [4.69, 9.17) is 4.74 Å². The maximum Gasteiger partial charge on any atom is 0.251 e. The zero-order valence-corrected chi connectivity index (χ0v) is 17.3. The highest BCUT2D eigenvalue weighted by atomic mass is 16.5. The average molecular weight is 388 g/mol. The van der Waals surface area contributed by atoms with Crippen LogP contribution in [-0.2, 0) is 4.79 Å². The molecule has 0 radical (unpaired) electrons. The second-order valence-electron chi connectivity index (χ2n) is 8.21. The summed E-state index contributed by atoms with van der Waals surface area (Å²) < 4.78 is 5.13. The van der Waals surface area contributed by atoms with Crippen LogP contribution in [0.3, 0.4) is 0 Å². The highest BCUT2D eigenvalue weighted by Gasteiger charge is 2.31. The molecule has 2 aliphatic rings. The van der Waals surface area contributed by atoms with Crippen molar-refractivity contribution in [2.24, 2.45) is 5.92 Å². The van der Waals surface area contributed by atoms with Gasteiger partial charge in [0.1, 0.15) is 5.75 Å². The summed E-state index contributed by atoms with van der Waals surface area (Å²) in [6.45, 7) is 8.03. The molecule has 6 heteroatoms. The van der Waals surface area contributed by atoms with E-state index in [0.29, 0.717) is 17.5 Å². The minimum Gasteiger partial charge on any atom is -0.497 e. The van der Waals surface area contributed by atoms with E-state index in [-0.39, 0.29) is 17.9 Å². The largest absolute Gasteiger partial charge is 0.497 e. The molecule has 1 N–H and O–H groups in total. The van der Waals surface area contributed by atoms with E-state index in [1.54, 1.807) is 31.4 Å². The number of carbonyl (C=O) groups excluding carboxylic acids is 2. The zero-order valence-electron chi connectivity index (χ0n) is 17.3. The number of ether oxygens (including phenoxy) is 1. The van der Waals surface area contributed by atoms with Gasteiger partial charge in [0.05, 0.1) is 7.11 Å². The van der Waals surface area contributed by atoms with Crippen LogP contribution in [0.4, 0.5) is 0 Å². The molecule has 0 atom stereocenters. The summed E-state index contributed by atoms with van der Waals surface area (Å²) in [7, 11) is 1.61. The van der Waals surface area contributed by atoms with Gasteiger partial charge in [-0.1, -0.05) is 0 Å². The number of amides is 2. The van der Waals surface area contributed by atoms with Gasteiger partial charge in [-0.05, 0) is 63.8 Å². The molecule has 0 spiro atoms. The third-order valence-electron chi connectivity index (χ3n) is 6.12. The topological polar surface area (TPSA) is 61.9 Å². The van der Waals surface area contributed by atoms with Gasteiger partial charge in [0.15, 0.2) is 0 Å². The van der Waals surface area contributed by atoms with Gasteiger partial charge in [0.2, 0.25) is 5.91 Å². The summed E-state index contributed by atoms with van der Waals surface area (Å²) in [5, 5.41) is 3.12. The maximum atomic E-state index is 12.8. The minimum atomic E-state index is -0.0535. The van der Waals surface area contributed by atoms with Crippen molar-refractivity contribution in [1.82, 2.24) is 15.1 Å². The van der Waals surface area contributed by atoms with Crippen LogP contribution in [0.5, 0.6) is 5.75 Å². The normalized spacial score (nSPS) is 23.5. The third-order valence-corrected chi connectivity index (χ3v) is 6.12. The van der Waals surface area contributed by atoms with Crippen LogP contribution in [-0.4, -0.2) is 67.0 Å². The molecular formula is C22H33N3O3. The quantitative estimate of drug-likeness (QED) is 0.843. The second kappa shape index (κ2) is 9.41. The fourth-order valence-corrected chi connectivity index (χ4v) is 4.21. The Bertz CT molecular complexity index is 658. The number of hydrogen-bond acceptors (Lipinski definition) is 4. The number of nitrogens with one attached hydrogen (secondary N) is 1. The standard InChI is InChI=1S/C22H33N3O3/c1-16(2)24-12-14-25(15-13-24)22(27)18-4-8-19(9-5-18)23-21(26)17-6-10-20(28-3)11-7-17/h6-7,10-11,16,18-19H,4-5,8-9,12-15H2,1-3H3,(H,23,26)/t18-,19-. The summed E-state index contributed by atoms with van der Waals surface area (Å²) >= 11 is 0. The van der Waals surface area contributed by atoms with Crippen LogP contribution < -0.4 is 10.1 Å². The Balaban J connectivity index is 1.44. The fraction of sp³-hybridized carbons (Fsp3) is 0.636. The Labute approximate surface area is 168 Å². The summed E-state index contributed by atoms with van der Waals surface area (Å²) in [6.07, 6.45) is 3.45. The lowest BCUT2D eigenvalue weighted by atomic mass is 9.85. The van der Waals surface area contributed by atoms with Gasteiger partial charge in [-0.25, -0.2) is 0 Å². The molecule has 3 rings (SSSR count). The SMILES string of the molecule is COc1ccc(C(=O)N[C@H]2CC[C@H](C(=O)N3CCN(C(C)C)CC3)CC2)cc1. The van der Waals surface area contributed by atoms with Crippen molar-refractivity contribution in [1.29, 1.82) is 0 Å². The highest BCUT2D eigenvalue weighted by Crippen LogP contribution is 2.27. The smallest absolute Gasteiger partial charge is 0.251 e. The molecule has 1 aromatic carbocycles. The van der Waals surface area contributed by atoms with E-state index in [1.807, 2.05) is 4.90 Å². The van der Waals surface area contributed by atoms with Crippen LogP contribution >= 0.6 is 0 Å². The van der Waals surface area contributed by atoms with Crippen molar-refractivity contribution >= 4 is 11.8 Å². The Morgan fingerprint density at radius 1 is 1.00 bits per heavy atom. The molecule has 0 bridgehead atoms. The molecule has 154 valence electrons. The summed E-state index contributed by atoms with van der Waals surface area (Å²) in [6, 6.07) is 7.84. The third kappa shape index (κ3) is 5.04. The number of hydrogen-bond donors (Lipinski definition) is 1. The van der Waals surface area contributed by atoms with E-state index in [9.17, 15) is 9.59 Å². The molecule has 1 aromatic rings. The first-order chi connectivity index (χ1) is 13.5. The predicted octanol–water partition coefficient (Wildman–Crippen LogP) is 2.54. The van der Waals surface area contributed by atoms with Crippen LogP contribution in [0.2, 0.25) is 0 Å². The van der Waals surface area contributed by atoms with Crippen molar-refractivity contribution < 1.29 is 14.3 Å². The van der Waals surface area contributed by atoms with Gasteiger partial charge >= 0.3 is 0 Å². The molecule has 2 fully saturated rings. The number of nitrogens with zero attached hydrogens (tertiary/aromatic N) is 2. The first-order valence-corrected chi connectivity index (χ1v) is 10.5. The lowest BCUT2D eigenvalue weighted by Gasteiger charge is -2.39. The summed E-state index contributed by atoms with van der Waals surface area (Å²) in [5.41, 5.74) is 0.641. The van der Waals surface area contributed by atoms with E-state index in [1.165, 1.54) is 0 Å². The molecule has 1 saturated carbocycles. The zero-order chi connectivity index (χ0) is 20.1. The molecule has 1 aliphatic carbocycles. The number of methoxy groups -OCH3 is 1. The average Bonchev–Trinajstić information content (AvgIpc) is 2.74. The van der Waals surface area contributed by atoms with Crippen molar-refractivity contribution in [3.05, 3.63) is 29.8 Å². The Morgan fingerprint density at radius 3 is 2.14 bits per heavy atom. The van der Waals surface area contributed by atoms with Crippen LogP contribution in [0.1, 0.15) is 49.9 Å². The van der Waals surface area contributed by atoms with Crippen molar-refractivity contribution in [3.8, 4) is 5.75 Å². The number of rotatable bonds is 5. The van der Waals surface area contributed by atoms with Gasteiger partial charge in [0.25, 0.3) is 5.91 Å². The minimum absolute atomic E-state index is 0.0535. The number of benzene rings is 1. The van der Waals surface area contributed by atoms with Crippen molar-refractivity contribution in [3.63, 3.8) is 0 Å². The van der Waals surface area contributed by atoms with Gasteiger partial charge in [-0.2, -0.15) is 0 Å². The first-order valence-electron chi connectivity index (χ1n) is 10.5. The molecule has 1 saturated heterocycles. The number of carbonyl (C=O) groups is 2. The van der Waals surface area contributed by atoms with Crippen LogP contribution in [0.15, 0.2) is 24.3 Å². The molecule has 2 amide bonds. The lowest BCUT2D eigenvalue weighted by Crippen LogP contribution is -2.52. The predicted molar refractivity (Wildman–Crippen MR) is 109 cm³/mol. The Morgan fingerprint density at radius 2 is 1.61 bits per heavy atom. The lowest BCUT2D eigenvalue weighted by molar-refractivity contribution is -0.138. The molecule has 1 aliphatic heterocycles. The first kappa shape index (κ1) is 20.6. The van der Waals surface area contributed by atoms with E-state index in [2.05, 4.69) is 24.1 Å². The van der Waals surface area contributed by atoms with E-state index >= 15 is 0 Å².